The molecular formula is C9H15N3O. The zero-order chi connectivity index (χ0) is 9.26. The molecule has 1 fully saturated rings. The molecule has 72 valence electrons. The van der Waals surface area contributed by atoms with Crippen molar-refractivity contribution in [2.75, 3.05) is 6.54 Å². The minimum absolute atomic E-state index is 0.0967. The highest BCUT2D eigenvalue weighted by molar-refractivity contribution is 5.11. The second kappa shape index (κ2) is 3.38. The molecule has 2 rings (SSSR count). The number of nitrogens with one attached hydrogen (secondary N) is 2. The zero-order valence-corrected chi connectivity index (χ0v) is 7.84. The quantitative estimate of drug-likeness (QED) is 0.664. The first-order valence-electron chi connectivity index (χ1n) is 4.77. The molecule has 1 aliphatic rings. The maximum Gasteiger partial charge on any atom is 0.270 e. The van der Waals surface area contributed by atoms with E-state index in [0.29, 0.717) is 0 Å². The van der Waals surface area contributed by atoms with Crippen molar-refractivity contribution in [3.8, 4) is 0 Å². The van der Waals surface area contributed by atoms with Gasteiger partial charge in [0.05, 0.1) is 5.56 Å². The van der Waals surface area contributed by atoms with Crippen LogP contribution in [-0.4, -0.2) is 16.3 Å². The molecule has 13 heavy (non-hydrogen) atoms. The fourth-order valence-electron chi connectivity index (χ4n) is 1.85. The highest BCUT2D eigenvalue weighted by Gasteiger charge is 2.18. The number of piperidine rings is 1. The molecule has 0 aliphatic carbocycles. The topological polar surface area (TPSA) is 49.8 Å². The Hall–Kier alpha value is -1.03. The lowest BCUT2D eigenvalue weighted by Crippen LogP contribution is -2.30. The summed E-state index contributed by atoms with van der Waals surface area (Å²) in [7, 11) is 1.74. The fourth-order valence-corrected chi connectivity index (χ4v) is 1.85. The van der Waals surface area contributed by atoms with Crippen LogP contribution in [0, 0.1) is 0 Å². The van der Waals surface area contributed by atoms with Gasteiger partial charge in [-0.25, -0.2) is 0 Å². The van der Waals surface area contributed by atoms with Gasteiger partial charge in [-0.1, -0.05) is 6.42 Å². The number of rotatable bonds is 1. The van der Waals surface area contributed by atoms with Crippen LogP contribution in [0.5, 0.6) is 0 Å². The highest BCUT2D eigenvalue weighted by atomic mass is 16.1. The largest absolute Gasteiger partial charge is 0.310 e. The SMILES string of the molecule is Cn1[nH]cc(C2CCCCN2)c1=O. The van der Waals surface area contributed by atoms with E-state index >= 15 is 0 Å². The third-order valence-corrected chi connectivity index (χ3v) is 2.65. The third-order valence-electron chi connectivity index (χ3n) is 2.65. The summed E-state index contributed by atoms with van der Waals surface area (Å²) in [6, 6.07) is 0.263. The van der Waals surface area contributed by atoms with E-state index in [0.717, 1.165) is 18.5 Å². The third kappa shape index (κ3) is 1.54. The van der Waals surface area contributed by atoms with Gasteiger partial charge in [-0.2, -0.15) is 0 Å². The van der Waals surface area contributed by atoms with E-state index in [1.807, 2.05) is 6.20 Å². The molecule has 4 nitrogen and oxygen atoms in total. The Morgan fingerprint density at radius 1 is 1.54 bits per heavy atom. The van der Waals surface area contributed by atoms with Gasteiger partial charge in [0.1, 0.15) is 0 Å². The molecule has 2 heterocycles. The van der Waals surface area contributed by atoms with Crippen LogP contribution in [-0.2, 0) is 7.05 Å². The summed E-state index contributed by atoms with van der Waals surface area (Å²) in [5.74, 6) is 0. The Labute approximate surface area is 76.9 Å². The molecule has 1 saturated heterocycles. The van der Waals surface area contributed by atoms with Crippen LogP contribution in [0.15, 0.2) is 11.0 Å². The monoisotopic (exact) mass is 181 g/mol. The van der Waals surface area contributed by atoms with Gasteiger partial charge in [-0.05, 0) is 19.4 Å². The minimum Gasteiger partial charge on any atom is -0.310 e. The van der Waals surface area contributed by atoms with Crippen molar-refractivity contribution in [1.82, 2.24) is 15.1 Å². The number of aryl methyl sites for hydroxylation is 1. The van der Waals surface area contributed by atoms with Crippen molar-refractivity contribution >= 4 is 0 Å². The molecule has 0 bridgehead atoms. The van der Waals surface area contributed by atoms with Crippen molar-refractivity contribution in [3.63, 3.8) is 0 Å². The number of hydrogen-bond donors (Lipinski definition) is 2. The summed E-state index contributed by atoms with van der Waals surface area (Å²) >= 11 is 0. The molecule has 4 heteroatoms. The van der Waals surface area contributed by atoms with E-state index in [-0.39, 0.29) is 11.6 Å². The fraction of sp³-hybridized carbons (Fsp3) is 0.667. The second-order valence-electron chi connectivity index (χ2n) is 3.60. The smallest absolute Gasteiger partial charge is 0.270 e. The average Bonchev–Trinajstić information content (AvgIpc) is 2.49. The van der Waals surface area contributed by atoms with Crippen molar-refractivity contribution in [2.45, 2.75) is 25.3 Å². The lowest BCUT2D eigenvalue weighted by molar-refractivity contribution is 0.410. The van der Waals surface area contributed by atoms with Gasteiger partial charge in [-0.3, -0.25) is 9.48 Å². The van der Waals surface area contributed by atoms with E-state index in [4.69, 9.17) is 0 Å². The van der Waals surface area contributed by atoms with Crippen LogP contribution in [0.25, 0.3) is 0 Å². The second-order valence-corrected chi connectivity index (χ2v) is 3.60. The van der Waals surface area contributed by atoms with Crippen molar-refractivity contribution in [1.29, 1.82) is 0 Å². The number of H-pyrrole nitrogens is 1. The molecule has 0 amide bonds. The Bertz CT molecular complexity index is 333. The first-order chi connectivity index (χ1) is 6.29. The summed E-state index contributed by atoms with van der Waals surface area (Å²) in [6.45, 7) is 1.03. The number of aromatic nitrogens is 2. The van der Waals surface area contributed by atoms with Crippen LogP contribution in [0.1, 0.15) is 30.9 Å². The summed E-state index contributed by atoms with van der Waals surface area (Å²) in [5.41, 5.74) is 0.974. The number of nitrogens with zero attached hydrogens (tertiary/aromatic N) is 1. The Balaban J connectivity index is 2.24. The van der Waals surface area contributed by atoms with E-state index < -0.39 is 0 Å². The summed E-state index contributed by atoms with van der Waals surface area (Å²) in [6.07, 6.45) is 5.33. The summed E-state index contributed by atoms with van der Waals surface area (Å²) in [4.78, 5) is 11.6. The predicted octanol–water partition coefficient (Wildman–Crippen LogP) is 0.528. The molecule has 1 unspecified atom stereocenters. The lowest BCUT2D eigenvalue weighted by atomic mass is 10.0. The highest BCUT2D eigenvalue weighted by Crippen LogP contribution is 2.19. The van der Waals surface area contributed by atoms with E-state index in [1.165, 1.54) is 17.5 Å². The Morgan fingerprint density at radius 2 is 2.38 bits per heavy atom. The van der Waals surface area contributed by atoms with Crippen LogP contribution >= 0.6 is 0 Å². The summed E-state index contributed by atoms with van der Waals surface area (Å²) < 4.78 is 1.52. The van der Waals surface area contributed by atoms with Crippen LogP contribution < -0.4 is 10.9 Å². The zero-order valence-electron chi connectivity index (χ0n) is 7.84. The van der Waals surface area contributed by atoms with Crippen LogP contribution in [0.4, 0.5) is 0 Å². The first kappa shape index (κ1) is 8.56. The van der Waals surface area contributed by atoms with Crippen LogP contribution in [0.2, 0.25) is 0 Å². The van der Waals surface area contributed by atoms with Gasteiger partial charge in [0.15, 0.2) is 0 Å². The number of aromatic amines is 1. The predicted molar refractivity (Wildman–Crippen MR) is 50.6 cm³/mol. The molecule has 1 aromatic rings. The van der Waals surface area contributed by atoms with E-state index in [1.54, 1.807) is 7.05 Å². The maximum absolute atomic E-state index is 11.6. The van der Waals surface area contributed by atoms with Gasteiger partial charge >= 0.3 is 0 Å². The standard InChI is InChI=1S/C9H15N3O/c1-12-9(13)7(6-11-12)8-4-2-3-5-10-8/h6,8,10-11H,2-5H2,1H3. The van der Waals surface area contributed by atoms with E-state index in [9.17, 15) is 4.79 Å². The average molecular weight is 181 g/mol. The van der Waals surface area contributed by atoms with Crippen molar-refractivity contribution in [2.24, 2.45) is 7.05 Å². The van der Waals surface area contributed by atoms with Crippen molar-refractivity contribution < 1.29 is 0 Å². The van der Waals surface area contributed by atoms with Crippen LogP contribution in [0.3, 0.4) is 0 Å². The molecule has 2 N–H and O–H groups in total. The molecule has 0 spiro atoms. The van der Waals surface area contributed by atoms with Gasteiger partial charge in [0.2, 0.25) is 0 Å². The Kier molecular flexibility index (Phi) is 2.22. The molecular weight excluding hydrogens is 166 g/mol. The summed E-state index contributed by atoms with van der Waals surface area (Å²) in [5, 5.41) is 6.25. The Morgan fingerprint density at radius 3 is 2.92 bits per heavy atom. The molecule has 0 saturated carbocycles. The lowest BCUT2D eigenvalue weighted by Gasteiger charge is -2.21. The van der Waals surface area contributed by atoms with Gasteiger partial charge in [0, 0.05) is 19.3 Å². The van der Waals surface area contributed by atoms with Gasteiger partial charge in [0.25, 0.3) is 5.56 Å². The van der Waals surface area contributed by atoms with Gasteiger partial charge in [-0.15, -0.1) is 0 Å². The normalized spacial score (nSPS) is 23.3. The molecule has 1 aliphatic heterocycles. The van der Waals surface area contributed by atoms with Gasteiger partial charge < -0.3 is 10.4 Å². The number of hydrogen-bond acceptors (Lipinski definition) is 2. The minimum atomic E-state index is 0.0967. The maximum atomic E-state index is 11.6. The molecule has 1 aromatic heterocycles. The van der Waals surface area contributed by atoms with E-state index in [2.05, 4.69) is 10.4 Å². The van der Waals surface area contributed by atoms with Crippen molar-refractivity contribution in [3.05, 3.63) is 22.1 Å². The molecule has 0 radical (unpaired) electrons. The molecule has 0 aromatic carbocycles. The molecule has 1 atom stereocenters. The first-order valence-corrected chi connectivity index (χ1v) is 4.77.